The highest BCUT2D eigenvalue weighted by Gasteiger charge is 1.97. The van der Waals surface area contributed by atoms with E-state index < -0.39 is 0 Å². The molecular weight excluding hydrogens is 136 g/mol. The Kier molecular flexibility index (Phi) is 2.13. The Balaban J connectivity index is 2.48. The summed E-state index contributed by atoms with van der Waals surface area (Å²) in [5.74, 6) is 0. The number of aliphatic hydroxyl groups is 1. The van der Waals surface area contributed by atoms with Crippen molar-refractivity contribution in [1.29, 1.82) is 0 Å². The first-order valence-corrected chi connectivity index (χ1v) is 3.50. The molecule has 1 rings (SSSR count). The summed E-state index contributed by atoms with van der Waals surface area (Å²) in [7, 11) is 0. The lowest BCUT2D eigenvalue weighted by Crippen LogP contribution is -1.90. The third-order valence-electron chi connectivity index (χ3n) is 0.771. The smallest absolute Gasteiger partial charge is 0.102 e. The lowest BCUT2D eigenvalue weighted by molar-refractivity contribution is 0.284. The summed E-state index contributed by atoms with van der Waals surface area (Å²) in [6.07, 6.45) is 3.27. The van der Waals surface area contributed by atoms with E-state index in [0.29, 0.717) is 0 Å². The largest absolute Gasteiger partial charge is 0.382 e. The molecule has 50 valence electrons. The number of rotatable bonds is 2. The SMILES string of the molecule is CC(O)Sc1cnc[nH]1. The van der Waals surface area contributed by atoms with E-state index in [9.17, 15) is 0 Å². The summed E-state index contributed by atoms with van der Waals surface area (Å²) in [5.41, 5.74) is -0.370. The minimum Gasteiger partial charge on any atom is -0.382 e. The number of aromatic nitrogens is 2. The van der Waals surface area contributed by atoms with E-state index in [-0.39, 0.29) is 5.44 Å². The zero-order valence-corrected chi connectivity index (χ0v) is 5.85. The van der Waals surface area contributed by atoms with Crippen LogP contribution in [0.2, 0.25) is 0 Å². The first-order chi connectivity index (χ1) is 4.29. The van der Waals surface area contributed by atoms with Crippen molar-refractivity contribution < 1.29 is 5.11 Å². The van der Waals surface area contributed by atoms with Crippen LogP contribution >= 0.6 is 11.8 Å². The van der Waals surface area contributed by atoms with E-state index in [1.165, 1.54) is 11.8 Å². The molecule has 3 nitrogen and oxygen atoms in total. The van der Waals surface area contributed by atoms with Crippen molar-refractivity contribution in [2.24, 2.45) is 0 Å². The van der Waals surface area contributed by atoms with Gasteiger partial charge in [-0.05, 0) is 6.92 Å². The Morgan fingerprint density at radius 1 is 1.89 bits per heavy atom. The molecule has 0 aliphatic rings. The number of hydrogen-bond acceptors (Lipinski definition) is 3. The van der Waals surface area contributed by atoms with Gasteiger partial charge in [0.05, 0.1) is 17.6 Å². The molecule has 0 aliphatic carbocycles. The van der Waals surface area contributed by atoms with Crippen LogP contribution in [-0.2, 0) is 0 Å². The van der Waals surface area contributed by atoms with Gasteiger partial charge in [0.1, 0.15) is 5.44 Å². The van der Waals surface area contributed by atoms with Gasteiger partial charge in [-0.3, -0.25) is 0 Å². The Hall–Kier alpha value is -0.480. The number of hydrogen-bond donors (Lipinski definition) is 2. The Morgan fingerprint density at radius 2 is 2.67 bits per heavy atom. The summed E-state index contributed by atoms with van der Waals surface area (Å²) >= 11 is 1.34. The average Bonchev–Trinajstić information content (AvgIpc) is 2.15. The molecule has 2 N–H and O–H groups in total. The molecule has 0 aliphatic heterocycles. The summed E-state index contributed by atoms with van der Waals surface area (Å²) in [6.45, 7) is 1.71. The van der Waals surface area contributed by atoms with Gasteiger partial charge in [0, 0.05) is 0 Å². The number of aliphatic hydroxyl groups excluding tert-OH is 1. The molecule has 9 heavy (non-hydrogen) atoms. The van der Waals surface area contributed by atoms with Gasteiger partial charge in [0.25, 0.3) is 0 Å². The molecular formula is C5H8N2OS. The highest BCUT2D eigenvalue weighted by molar-refractivity contribution is 7.99. The topological polar surface area (TPSA) is 48.9 Å². The van der Waals surface area contributed by atoms with Crippen LogP contribution in [0.25, 0.3) is 0 Å². The number of aromatic amines is 1. The van der Waals surface area contributed by atoms with Crippen LogP contribution in [0.4, 0.5) is 0 Å². The van der Waals surface area contributed by atoms with Gasteiger partial charge in [0.15, 0.2) is 0 Å². The molecule has 1 aromatic heterocycles. The van der Waals surface area contributed by atoms with Crippen molar-refractivity contribution in [3.8, 4) is 0 Å². The second-order valence-corrected chi connectivity index (χ2v) is 2.99. The lowest BCUT2D eigenvalue weighted by Gasteiger charge is -1.97. The Labute approximate surface area is 57.5 Å². The molecule has 0 spiro atoms. The first-order valence-electron chi connectivity index (χ1n) is 2.62. The fourth-order valence-corrected chi connectivity index (χ4v) is 1.10. The summed E-state index contributed by atoms with van der Waals surface area (Å²) in [4.78, 5) is 6.65. The van der Waals surface area contributed by atoms with Crippen molar-refractivity contribution >= 4 is 11.8 Å². The zero-order chi connectivity index (χ0) is 6.69. The van der Waals surface area contributed by atoms with Gasteiger partial charge in [-0.15, -0.1) is 0 Å². The maximum atomic E-state index is 8.84. The highest BCUT2D eigenvalue weighted by Crippen LogP contribution is 2.16. The van der Waals surface area contributed by atoms with Crippen LogP contribution in [0.1, 0.15) is 6.92 Å². The number of nitrogens with zero attached hydrogens (tertiary/aromatic N) is 1. The predicted molar refractivity (Wildman–Crippen MR) is 36.1 cm³/mol. The normalized spacial score (nSPS) is 13.6. The molecule has 0 aromatic carbocycles. The molecule has 0 bridgehead atoms. The van der Waals surface area contributed by atoms with E-state index in [2.05, 4.69) is 9.97 Å². The zero-order valence-electron chi connectivity index (χ0n) is 5.03. The molecule has 1 aromatic rings. The minimum absolute atomic E-state index is 0.370. The third-order valence-corrected chi connectivity index (χ3v) is 1.59. The summed E-state index contributed by atoms with van der Waals surface area (Å²) in [6, 6.07) is 0. The first kappa shape index (κ1) is 6.64. The molecule has 4 heteroatoms. The van der Waals surface area contributed by atoms with E-state index in [1.807, 2.05) is 0 Å². The molecule has 0 amide bonds. The third kappa shape index (κ3) is 2.07. The van der Waals surface area contributed by atoms with Crippen LogP contribution in [0.15, 0.2) is 17.6 Å². The molecule has 0 radical (unpaired) electrons. The van der Waals surface area contributed by atoms with Crippen molar-refractivity contribution in [3.63, 3.8) is 0 Å². The average molecular weight is 144 g/mol. The van der Waals surface area contributed by atoms with Crippen molar-refractivity contribution in [1.82, 2.24) is 9.97 Å². The van der Waals surface area contributed by atoms with Gasteiger partial charge >= 0.3 is 0 Å². The number of H-pyrrole nitrogens is 1. The van der Waals surface area contributed by atoms with Gasteiger partial charge in [0.2, 0.25) is 0 Å². The number of imidazole rings is 1. The minimum atomic E-state index is -0.370. The summed E-state index contributed by atoms with van der Waals surface area (Å²) < 4.78 is 0. The standard InChI is InChI=1S/C5H8N2OS/c1-4(8)9-5-2-6-3-7-5/h2-4,8H,1H3,(H,6,7). The van der Waals surface area contributed by atoms with E-state index in [0.717, 1.165) is 5.03 Å². The van der Waals surface area contributed by atoms with E-state index in [1.54, 1.807) is 19.4 Å². The van der Waals surface area contributed by atoms with Crippen molar-refractivity contribution in [3.05, 3.63) is 12.5 Å². The fourth-order valence-electron chi connectivity index (χ4n) is 0.491. The second kappa shape index (κ2) is 2.89. The van der Waals surface area contributed by atoms with Crippen molar-refractivity contribution in [2.45, 2.75) is 17.4 Å². The van der Waals surface area contributed by atoms with E-state index >= 15 is 0 Å². The second-order valence-electron chi connectivity index (χ2n) is 1.63. The van der Waals surface area contributed by atoms with Crippen LogP contribution < -0.4 is 0 Å². The monoisotopic (exact) mass is 144 g/mol. The van der Waals surface area contributed by atoms with Crippen LogP contribution in [0.5, 0.6) is 0 Å². The van der Waals surface area contributed by atoms with Gasteiger partial charge in [-0.25, -0.2) is 4.98 Å². The van der Waals surface area contributed by atoms with Crippen molar-refractivity contribution in [2.75, 3.05) is 0 Å². The highest BCUT2D eigenvalue weighted by atomic mass is 32.2. The van der Waals surface area contributed by atoms with E-state index in [4.69, 9.17) is 5.11 Å². The molecule has 1 heterocycles. The van der Waals surface area contributed by atoms with Crippen LogP contribution in [-0.4, -0.2) is 20.5 Å². The number of nitrogens with one attached hydrogen (secondary N) is 1. The molecule has 1 unspecified atom stereocenters. The Bertz CT molecular complexity index is 161. The summed E-state index contributed by atoms with van der Waals surface area (Å²) in [5, 5.41) is 9.73. The molecule has 0 fully saturated rings. The van der Waals surface area contributed by atoms with Gasteiger partial charge in [-0.1, -0.05) is 11.8 Å². The Morgan fingerprint density at radius 3 is 3.11 bits per heavy atom. The molecule has 1 atom stereocenters. The van der Waals surface area contributed by atoms with Crippen LogP contribution in [0.3, 0.4) is 0 Å². The lowest BCUT2D eigenvalue weighted by atomic mass is 10.9. The van der Waals surface area contributed by atoms with Gasteiger partial charge < -0.3 is 10.1 Å². The van der Waals surface area contributed by atoms with Gasteiger partial charge in [-0.2, -0.15) is 0 Å². The maximum absolute atomic E-state index is 8.84. The van der Waals surface area contributed by atoms with Crippen LogP contribution in [0, 0.1) is 0 Å². The maximum Gasteiger partial charge on any atom is 0.102 e. The molecule has 0 saturated carbocycles. The fraction of sp³-hybridized carbons (Fsp3) is 0.400. The predicted octanol–water partition coefficient (Wildman–Crippen LogP) is 0.840. The number of thioether (sulfide) groups is 1. The quantitative estimate of drug-likeness (QED) is 0.477. The molecule has 0 saturated heterocycles.